The monoisotopic (exact) mass is 976 g/mol. The number of anilines is 6. The standard InChI is InChI=1S/C70H66BN3O/c1-41-20-18-21-42(2)65(41)73-57-26-16-14-22-51(57)54-39-56-60(40-58(54)73)74(66-43(3)34-47(35-44(66)4)69(8,9)10)62-38-48(70(11,12)13)37-61-64(62)71(56)55-33-30-46(68(5,6)7)36-59(55)72(61)49-31-28-45(29-32-49)50-24-19-25-53-52-23-15-17-27-63(52)75-67(50)53/h14-40H,1-13H3. The van der Waals surface area contributed by atoms with Crippen LogP contribution in [0.25, 0.3) is 60.6 Å². The molecule has 4 nitrogen and oxygen atoms in total. The molecule has 0 spiro atoms. The second-order valence-corrected chi connectivity index (χ2v) is 24.9. The van der Waals surface area contributed by atoms with Crippen molar-refractivity contribution in [3.05, 3.63) is 203 Å². The smallest absolute Gasteiger partial charge is 0.252 e. The molecule has 0 amide bonds. The number of aryl methyl sites for hydroxylation is 4. The van der Waals surface area contributed by atoms with Crippen LogP contribution in [0.2, 0.25) is 0 Å². The lowest BCUT2D eigenvalue weighted by Gasteiger charge is -2.46. The van der Waals surface area contributed by atoms with Gasteiger partial charge in [0, 0.05) is 55.5 Å². The molecule has 11 aromatic rings. The van der Waals surface area contributed by atoms with Crippen LogP contribution in [0.5, 0.6) is 0 Å². The zero-order valence-corrected chi connectivity index (χ0v) is 45.9. The number of rotatable bonds is 4. The quantitative estimate of drug-likeness (QED) is 0.164. The third-order valence-electron chi connectivity index (χ3n) is 16.7. The van der Waals surface area contributed by atoms with Gasteiger partial charge in [-0.15, -0.1) is 0 Å². The van der Waals surface area contributed by atoms with E-state index in [1.807, 2.05) is 6.07 Å². The molecule has 5 heteroatoms. The molecule has 13 rings (SSSR count). The zero-order valence-electron chi connectivity index (χ0n) is 45.9. The van der Waals surface area contributed by atoms with Crippen molar-refractivity contribution in [3.8, 4) is 16.8 Å². The van der Waals surface area contributed by atoms with E-state index in [-0.39, 0.29) is 23.0 Å². The second kappa shape index (κ2) is 16.4. The van der Waals surface area contributed by atoms with E-state index >= 15 is 0 Å². The lowest BCUT2D eigenvalue weighted by Crippen LogP contribution is -2.61. The van der Waals surface area contributed by atoms with Gasteiger partial charge in [0.05, 0.1) is 22.4 Å². The zero-order chi connectivity index (χ0) is 52.2. The first kappa shape index (κ1) is 47.0. The van der Waals surface area contributed by atoms with E-state index < -0.39 is 0 Å². The maximum Gasteiger partial charge on any atom is 0.252 e. The summed E-state index contributed by atoms with van der Waals surface area (Å²) in [6.45, 7) is 30.2. The Morgan fingerprint density at radius 2 is 0.973 bits per heavy atom. The van der Waals surface area contributed by atoms with Crippen molar-refractivity contribution in [2.75, 3.05) is 9.80 Å². The number of hydrogen-bond donors (Lipinski definition) is 0. The van der Waals surface area contributed by atoms with Crippen molar-refractivity contribution in [2.45, 2.75) is 106 Å². The van der Waals surface area contributed by atoms with E-state index in [1.54, 1.807) is 0 Å². The van der Waals surface area contributed by atoms with E-state index in [0.29, 0.717) is 0 Å². The number of fused-ring (bicyclic) bond motifs is 10. The molecule has 0 unspecified atom stereocenters. The van der Waals surface area contributed by atoms with Crippen molar-refractivity contribution in [1.82, 2.24) is 4.57 Å². The van der Waals surface area contributed by atoms with Crippen LogP contribution in [-0.2, 0) is 16.2 Å². The lowest BCUT2D eigenvalue weighted by molar-refractivity contribution is 0.589. The molecule has 2 aromatic heterocycles. The molecule has 370 valence electrons. The van der Waals surface area contributed by atoms with Crippen molar-refractivity contribution >= 4 is 101 Å². The maximum atomic E-state index is 6.59. The number of aromatic nitrogens is 1. The molecule has 9 aromatic carbocycles. The summed E-state index contributed by atoms with van der Waals surface area (Å²) in [4.78, 5) is 5.27. The predicted molar refractivity (Wildman–Crippen MR) is 323 cm³/mol. The lowest BCUT2D eigenvalue weighted by atomic mass is 9.33. The Hall–Kier alpha value is -7.76. The maximum absolute atomic E-state index is 6.59. The van der Waals surface area contributed by atoms with Crippen LogP contribution in [0, 0.1) is 27.7 Å². The minimum Gasteiger partial charge on any atom is -0.455 e. The molecule has 0 saturated carbocycles. The fraction of sp³-hybridized carbons (Fsp3) is 0.229. The minimum atomic E-state index is -0.166. The molecular formula is C70H66BN3O. The van der Waals surface area contributed by atoms with Crippen molar-refractivity contribution < 1.29 is 4.42 Å². The van der Waals surface area contributed by atoms with Crippen molar-refractivity contribution in [2.24, 2.45) is 0 Å². The van der Waals surface area contributed by atoms with E-state index in [9.17, 15) is 0 Å². The van der Waals surface area contributed by atoms with Gasteiger partial charge in [-0.2, -0.15) is 0 Å². The summed E-state index contributed by atoms with van der Waals surface area (Å²) in [5.74, 6) is 0. The molecule has 0 bridgehead atoms. The van der Waals surface area contributed by atoms with Gasteiger partial charge >= 0.3 is 0 Å². The third-order valence-corrected chi connectivity index (χ3v) is 16.7. The van der Waals surface area contributed by atoms with Crippen LogP contribution < -0.4 is 26.2 Å². The minimum absolute atomic E-state index is 0.00693. The Kier molecular flexibility index (Phi) is 10.3. The summed E-state index contributed by atoms with van der Waals surface area (Å²) in [5, 5.41) is 4.81. The van der Waals surface area contributed by atoms with Gasteiger partial charge in [-0.05, 0) is 153 Å². The Morgan fingerprint density at radius 3 is 1.65 bits per heavy atom. The Labute approximate surface area is 443 Å². The van der Waals surface area contributed by atoms with E-state index in [4.69, 9.17) is 4.42 Å². The summed E-state index contributed by atoms with van der Waals surface area (Å²) >= 11 is 0. The fourth-order valence-electron chi connectivity index (χ4n) is 12.8. The predicted octanol–water partition coefficient (Wildman–Crippen LogP) is 17.6. The van der Waals surface area contributed by atoms with Gasteiger partial charge in [-0.1, -0.05) is 178 Å². The summed E-state index contributed by atoms with van der Waals surface area (Å²) in [5.41, 5.74) is 27.8. The van der Waals surface area contributed by atoms with Gasteiger partial charge in [-0.3, -0.25) is 0 Å². The Morgan fingerprint density at radius 1 is 0.400 bits per heavy atom. The van der Waals surface area contributed by atoms with Gasteiger partial charge in [0.15, 0.2) is 0 Å². The van der Waals surface area contributed by atoms with Gasteiger partial charge < -0.3 is 18.8 Å². The van der Waals surface area contributed by atoms with E-state index in [0.717, 1.165) is 38.8 Å². The summed E-state index contributed by atoms with van der Waals surface area (Å²) in [6, 6.07) is 62.4. The molecular weight excluding hydrogens is 910 g/mol. The fourth-order valence-corrected chi connectivity index (χ4v) is 12.8. The van der Waals surface area contributed by atoms with E-state index in [2.05, 4.69) is 262 Å². The summed E-state index contributed by atoms with van der Waals surface area (Å²) in [7, 11) is 0. The number of furan rings is 1. The van der Waals surface area contributed by atoms with Crippen LogP contribution in [0.4, 0.5) is 34.1 Å². The van der Waals surface area contributed by atoms with Crippen molar-refractivity contribution in [3.63, 3.8) is 0 Å². The SMILES string of the molecule is Cc1cc(C(C)(C)C)cc(C)c1N1c2cc3c(cc2B2c4ccc(C(C)(C)C)cc4N(c4ccc(-c5cccc6c5oc5ccccc56)cc4)c4cc(C(C)(C)C)cc1c42)c1ccccc1n3-c1c(C)cccc1C. The Balaban J connectivity index is 1.13. The number of hydrogen-bond acceptors (Lipinski definition) is 3. The highest BCUT2D eigenvalue weighted by atomic mass is 16.3. The summed E-state index contributed by atoms with van der Waals surface area (Å²) in [6.07, 6.45) is 0. The molecule has 0 N–H and O–H groups in total. The van der Waals surface area contributed by atoms with Crippen LogP contribution >= 0.6 is 0 Å². The molecule has 2 aliphatic rings. The van der Waals surface area contributed by atoms with Gasteiger partial charge in [0.1, 0.15) is 11.2 Å². The van der Waals surface area contributed by atoms with Crippen LogP contribution in [0.3, 0.4) is 0 Å². The third kappa shape index (κ3) is 7.17. The molecule has 4 heterocycles. The van der Waals surface area contributed by atoms with Crippen LogP contribution in [0.15, 0.2) is 168 Å². The molecule has 0 saturated heterocycles. The first-order valence-corrected chi connectivity index (χ1v) is 27.0. The Bertz CT molecular complexity index is 4140. The number of benzene rings is 9. The first-order valence-electron chi connectivity index (χ1n) is 27.0. The highest BCUT2D eigenvalue weighted by molar-refractivity contribution is 7.00. The molecule has 2 aliphatic heterocycles. The first-order chi connectivity index (χ1) is 35.8. The largest absolute Gasteiger partial charge is 0.455 e. The average molecular weight is 976 g/mol. The highest BCUT2D eigenvalue weighted by Crippen LogP contribution is 2.50. The average Bonchev–Trinajstić information content (AvgIpc) is 3.91. The summed E-state index contributed by atoms with van der Waals surface area (Å²) < 4.78 is 9.14. The molecule has 75 heavy (non-hydrogen) atoms. The molecule has 0 fully saturated rings. The molecule has 0 atom stereocenters. The van der Waals surface area contributed by atoms with E-state index in [1.165, 1.54) is 111 Å². The molecule has 0 aliphatic carbocycles. The second-order valence-electron chi connectivity index (χ2n) is 24.9. The highest BCUT2D eigenvalue weighted by Gasteiger charge is 2.45. The van der Waals surface area contributed by atoms with Crippen LogP contribution in [0.1, 0.15) is 101 Å². The normalized spacial score (nSPS) is 13.6. The van der Waals surface area contributed by atoms with Gasteiger partial charge in [0.25, 0.3) is 6.71 Å². The van der Waals surface area contributed by atoms with Gasteiger partial charge in [0.2, 0.25) is 0 Å². The van der Waals surface area contributed by atoms with Crippen molar-refractivity contribution in [1.29, 1.82) is 0 Å². The topological polar surface area (TPSA) is 24.6 Å². The molecule has 0 radical (unpaired) electrons. The van der Waals surface area contributed by atoms with Gasteiger partial charge in [-0.25, -0.2) is 0 Å². The number of nitrogens with zero attached hydrogens (tertiary/aromatic N) is 3. The van der Waals surface area contributed by atoms with Crippen LogP contribution in [-0.4, -0.2) is 11.3 Å². The number of para-hydroxylation sites is 4.